The van der Waals surface area contributed by atoms with Crippen molar-refractivity contribution in [1.82, 2.24) is 9.78 Å². The minimum atomic E-state index is -0.649. The van der Waals surface area contributed by atoms with Crippen molar-refractivity contribution < 1.29 is 9.52 Å². The molecule has 6 nitrogen and oxygen atoms in total. The lowest BCUT2D eigenvalue weighted by Crippen LogP contribution is -2.16. The van der Waals surface area contributed by atoms with Crippen molar-refractivity contribution in [3.8, 4) is 17.2 Å². The van der Waals surface area contributed by atoms with E-state index in [0.717, 1.165) is 26.9 Å². The largest absolute Gasteiger partial charge is 0.506 e. The average Bonchev–Trinajstić information content (AvgIpc) is 2.99. The number of benzene rings is 2. The highest BCUT2D eigenvalue weighted by molar-refractivity contribution is 6.39. The Balaban J connectivity index is 2.06. The van der Waals surface area contributed by atoms with Crippen molar-refractivity contribution in [1.29, 1.82) is 0 Å². The zero-order chi connectivity index (χ0) is 20.0. The molecular weight excluding hydrogens is 389 g/mol. The first-order valence-electron chi connectivity index (χ1n) is 8.22. The van der Waals surface area contributed by atoms with Crippen molar-refractivity contribution in [2.24, 2.45) is 0 Å². The summed E-state index contributed by atoms with van der Waals surface area (Å²) in [7, 11) is 0. The summed E-state index contributed by atoms with van der Waals surface area (Å²) < 4.78 is 6.46. The molecule has 27 heavy (non-hydrogen) atoms. The van der Waals surface area contributed by atoms with E-state index in [-0.39, 0.29) is 33.9 Å². The van der Waals surface area contributed by atoms with Gasteiger partial charge < -0.3 is 15.3 Å². The molecule has 0 bridgehead atoms. The quantitative estimate of drug-likeness (QED) is 0.628. The molecular formula is C19H19Cl2N3O3. The molecule has 0 radical (unpaired) electrons. The lowest BCUT2D eigenvalue weighted by Gasteiger charge is -2.11. The number of aromatic nitrogens is 2. The summed E-state index contributed by atoms with van der Waals surface area (Å²) in [5, 5.41) is 14.6. The van der Waals surface area contributed by atoms with Crippen LogP contribution in [0.1, 0.15) is 27.8 Å². The molecule has 0 atom stereocenters. The summed E-state index contributed by atoms with van der Waals surface area (Å²) in [5.74, 6) is -0.673. The smallest absolute Gasteiger partial charge is 0.437 e. The van der Waals surface area contributed by atoms with Gasteiger partial charge in [0.1, 0.15) is 10.8 Å². The first-order valence-corrected chi connectivity index (χ1v) is 8.98. The third kappa shape index (κ3) is 3.31. The number of nitrogens with zero attached hydrogens (tertiary/aromatic N) is 2. The van der Waals surface area contributed by atoms with Crippen LogP contribution in [0.4, 0.5) is 5.69 Å². The molecule has 0 unspecified atom stereocenters. The highest BCUT2D eigenvalue weighted by atomic mass is 35.5. The molecule has 0 aliphatic carbocycles. The Kier molecular flexibility index (Phi) is 4.97. The molecule has 3 rings (SSSR count). The summed E-state index contributed by atoms with van der Waals surface area (Å²) in [6, 6.07) is 3.39. The van der Waals surface area contributed by atoms with E-state index in [1.807, 2.05) is 33.8 Å². The first-order chi connectivity index (χ1) is 12.6. The number of phenols is 1. The van der Waals surface area contributed by atoms with Gasteiger partial charge in [0, 0.05) is 11.1 Å². The lowest BCUT2D eigenvalue weighted by atomic mass is 9.94. The Morgan fingerprint density at radius 3 is 2.48 bits per heavy atom. The minimum Gasteiger partial charge on any atom is -0.506 e. The van der Waals surface area contributed by atoms with Crippen molar-refractivity contribution in [2.45, 2.75) is 34.2 Å². The van der Waals surface area contributed by atoms with Gasteiger partial charge in [-0.2, -0.15) is 4.68 Å². The number of halogens is 2. The molecule has 1 heterocycles. The fourth-order valence-corrected chi connectivity index (χ4v) is 3.40. The first kappa shape index (κ1) is 19.3. The molecule has 3 aromatic rings. The topological polar surface area (TPSA) is 94.3 Å². The van der Waals surface area contributed by atoms with Gasteiger partial charge in [-0.05, 0) is 62.1 Å². The summed E-state index contributed by atoms with van der Waals surface area (Å²) in [4.78, 5) is 12.3. The van der Waals surface area contributed by atoms with E-state index in [4.69, 9.17) is 33.4 Å². The zero-order valence-electron chi connectivity index (χ0n) is 15.4. The van der Waals surface area contributed by atoms with Crippen LogP contribution in [-0.2, 0) is 6.54 Å². The fourth-order valence-electron chi connectivity index (χ4n) is 2.90. The minimum absolute atomic E-state index is 0.0588. The number of nitrogens with two attached hydrogens (primary N) is 1. The van der Waals surface area contributed by atoms with Gasteiger partial charge in [0.15, 0.2) is 0 Å². The second kappa shape index (κ2) is 6.94. The SMILES string of the molecule is Cc1cc(-c2nn(Cc3cc(Cl)c(N)c(Cl)c3O)c(=O)o2)c(C)c(C)c1C. The maximum Gasteiger partial charge on any atom is 0.437 e. The number of anilines is 1. The molecule has 0 fully saturated rings. The second-order valence-electron chi connectivity index (χ2n) is 6.54. The second-order valence-corrected chi connectivity index (χ2v) is 7.33. The number of nitrogen functional groups attached to an aromatic ring is 1. The van der Waals surface area contributed by atoms with Crippen LogP contribution < -0.4 is 11.5 Å². The summed E-state index contributed by atoms with van der Waals surface area (Å²) >= 11 is 12.0. The standard InChI is InChI=1S/C19H19Cl2N3O3/c1-8-5-13(11(4)10(3)9(8)2)18-23-24(19(26)27-18)7-12-6-14(20)16(22)15(21)17(12)25/h5-6,25H,7,22H2,1-4H3. The monoisotopic (exact) mass is 407 g/mol. The van der Waals surface area contributed by atoms with Crippen LogP contribution in [0.3, 0.4) is 0 Å². The fraction of sp³-hybridized carbons (Fsp3) is 0.263. The Morgan fingerprint density at radius 2 is 1.81 bits per heavy atom. The molecule has 0 aliphatic heterocycles. The van der Waals surface area contributed by atoms with Crippen LogP contribution in [0.15, 0.2) is 21.3 Å². The van der Waals surface area contributed by atoms with Gasteiger partial charge in [-0.3, -0.25) is 0 Å². The lowest BCUT2D eigenvalue weighted by molar-refractivity contribution is 0.457. The third-order valence-electron chi connectivity index (χ3n) is 4.94. The molecule has 0 aliphatic rings. The van der Waals surface area contributed by atoms with Crippen LogP contribution in [0.25, 0.3) is 11.5 Å². The van der Waals surface area contributed by atoms with Crippen LogP contribution >= 0.6 is 23.2 Å². The number of hydrogen-bond donors (Lipinski definition) is 2. The van der Waals surface area contributed by atoms with Gasteiger partial charge >= 0.3 is 5.76 Å². The molecule has 3 N–H and O–H groups in total. The van der Waals surface area contributed by atoms with Crippen LogP contribution in [0.5, 0.6) is 5.75 Å². The van der Waals surface area contributed by atoms with E-state index in [0.29, 0.717) is 5.56 Å². The molecule has 0 saturated heterocycles. The van der Waals surface area contributed by atoms with Crippen LogP contribution in [0.2, 0.25) is 10.0 Å². The van der Waals surface area contributed by atoms with E-state index >= 15 is 0 Å². The van der Waals surface area contributed by atoms with Crippen molar-refractivity contribution in [3.05, 3.63) is 60.5 Å². The van der Waals surface area contributed by atoms with Crippen molar-refractivity contribution in [3.63, 3.8) is 0 Å². The average molecular weight is 408 g/mol. The van der Waals surface area contributed by atoms with E-state index < -0.39 is 5.76 Å². The molecule has 142 valence electrons. The van der Waals surface area contributed by atoms with E-state index in [9.17, 15) is 9.90 Å². The van der Waals surface area contributed by atoms with Crippen molar-refractivity contribution >= 4 is 28.9 Å². The summed E-state index contributed by atoms with van der Waals surface area (Å²) in [6.07, 6.45) is 0. The number of phenolic OH excluding ortho intramolecular Hbond substituents is 1. The normalized spacial score (nSPS) is 11.2. The molecule has 8 heteroatoms. The Bertz CT molecular complexity index is 1120. The molecule has 2 aromatic carbocycles. The van der Waals surface area contributed by atoms with Crippen LogP contribution in [0, 0.1) is 27.7 Å². The number of aryl methyl sites for hydroxylation is 1. The predicted octanol–water partition coefficient (Wildman–Crippen LogP) is 4.38. The molecule has 0 amide bonds. The maximum absolute atomic E-state index is 12.3. The number of rotatable bonds is 3. The number of aromatic hydroxyl groups is 1. The summed E-state index contributed by atoms with van der Waals surface area (Å²) in [6.45, 7) is 7.97. The summed E-state index contributed by atoms with van der Waals surface area (Å²) in [5.41, 5.74) is 11.2. The van der Waals surface area contributed by atoms with Gasteiger partial charge in [0.2, 0.25) is 5.89 Å². The Hall–Kier alpha value is -2.44. The predicted molar refractivity (Wildman–Crippen MR) is 107 cm³/mol. The van der Waals surface area contributed by atoms with E-state index in [1.54, 1.807) is 0 Å². The van der Waals surface area contributed by atoms with Crippen LogP contribution in [-0.4, -0.2) is 14.9 Å². The van der Waals surface area contributed by atoms with Crippen molar-refractivity contribution in [2.75, 3.05) is 5.73 Å². The Morgan fingerprint density at radius 1 is 1.15 bits per heavy atom. The van der Waals surface area contributed by atoms with E-state index in [1.165, 1.54) is 11.6 Å². The van der Waals surface area contributed by atoms with Gasteiger partial charge in [0.05, 0.1) is 17.3 Å². The molecule has 0 saturated carbocycles. The van der Waals surface area contributed by atoms with Gasteiger partial charge in [-0.25, -0.2) is 4.79 Å². The van der Waals surface area contributed by atoms with Gasteiger partial charge in [-0.15, -0.1) is 5.10 Å². The zero-order valence-corrected chi connectivity index (χ0v) is 16.9. The van der Waals surface area contributed by atoms with E-state index in [2.05, 4.69) is 5.10 Å². The highest BCUT2D eigenvalue weighted by Crippen LogP contribution is 2.38. The maximum atomic E-state index is 12.3. The van der Waals surface area contributed by atoms with Gasteiger partial charge in [0.25, 0.3) is 0 Å². The van der Waals surface area contributed by atoms with Gasteiger partial charge in [-0.1, -0.05) is 23.2 Å². The molecule has 1 aromatic heterocycles. The number of hydrogen-bond acceptors (Lipinski definition) is 5. The molecule has 0 spiro atoms. The Labute approximate surface area is 166 Å². The third-order valence-corrected chi connectivity index (χ3v) is 5.64. The highest BCUT2D eigenvalue weighted by Gasteiger charge is 2.19.